The van der Waals surface area contributed by atoms with Crippen molar-refractivity contribution in [2.45, 2.75) is 50.7 Å². The number of hydrogen-bond donors (Lipinski definition) is 1. The van der Waals surface area contributed by atoms with E-state index in [0.717, 1.165) is 38.5 Å². The van der Waals surface area contributed by atoms with Crippen molar-refractivity contribution >= 4 is 5.97 Å². The van der Waals surface area contributed by atoms with Crippen LogP contribution in [0.2, 0.25) is 0 Å². The van der Waals surface area contributed by atoms with Crippen LogP contribution >= 0.6 is 0 Å². The van der Waals surface area contributed by atoms with Gasteiger partial charge in [-0.1, -0.05) is 6.42 Å². The van der Waals surface area contributed by atoms with E-state index in [1.54, 1.807) is 0 Å². The summed E-state index contributed by atoms with van der Waals surface area (Å²) in [5, 5.41) is 9.32. The van der Waals surface area contributed by atoms with Gasteiger partial charge in [-0.05, 0) is 32.1 Å². The van der Waals surface area contributed by atoms with Crippen molar-refractivity contribution in [3.8, 4) is 0 Å². The van der Waals surface area contributed by atoms with E-state index in [0.29, 0.717) is 12.0 Å². The maximum atomic E-state index is 11.3. The molecule has 2 bridgehead atoms. The molecule has 0 aromatic heterocycles. The van der Waals surface area contributed by atoms with E-state index < -0.39 is 11.4 Å². The Morgan fingerprint density at radius 1 is 1.36 bits per heavy atom. The third kappa shape index (κ3) is 0.937. The molecule has 14 heavy (non-hydrogen) atoms. The van der Waals surface area contributed by atoms with Crippen LogP contribution in [0.25, 0.3) is 0 Å². The molecule has 3 fully saturated rings. The lowest BCUT2D eigenvalue weighted by atomic mass is 9.57. The van der Waals surface area contributed by atoms with Gasteiger partial charge < -0.3 is 9.84 Å². The molecular weight excluding hydrogens is 180 g/mol. The standard InChI is InChI=1S/C11H16O3/c12-10(13)11(4-1-5-11)8-6-7-2-3-9(8)14-7/h7-9H,1-6H2,(H,12,13). The summed E-state index contributed by atoms with van der Waals surface area (Å²) in [5.41, 5.74) is -0.403. The largest absolute Gasteiger partial charge is 0.481 e. The molecule has 3 aliphatic rings. The summed E-state index contributed by atoms with van der Waals surface area (Å²) in [6.45, 7) is 0. The molecule has 0 radical (unpaired) electrons. The normalized spacial score (nSPS) is 43.6. The molecule has 3 heteroatoms. The Morgan fingerprint density at radius 2 is 2.14 bits per heavy atom. The summed E-state index contributed by atoms with van der Waals surface area (Å²) >= 11 is 0. The van der Waals surface area contributed by atoms with Gasteiger partial charge in [0.05, 0.1) is 17.6 Å². The summed E-state index contributed by atoms with van der Waals surface area (Å²) in [6, 6.07) is 0. The summed E-state index contributed by atoms with van der Waals surface area (Å²) in [4.78, 5) is 11.3. The van der Waals surface area contributed by atoms with E-state index >= 15 is 0 Å². The van der Waals surface area contributed by atoms with Gasteiger partial charge in [0.25, 0.3) is 0 Å². The minimum Gasteiger partial charge on any atom is -0.481 e. The lowest BCUT2D eigenvalue weighted by molar-refractivity contribution is -0.162. The zero-order valence-electron chi connectivity index (χ0n) is 8.24. The second-order valence-corrected chi connectivity index (χ2v) is 5.03. The first kappa shape index (κ1) is 8.72. The van der Waals surface area contributed by atoms with Crippen LogP contribution in [-0.4, -0.2) is 23.3 Å². The number of carbonyl (C=O) groups is 1. The highest BCUT2D eigenvalue weighted by Crippen LogP contribution is 2.56. The van der Waals surface area contributed by atoms with Gasteiger partial charge in [-0.15, -0.1) is 0 Å². The predicted octanol–water partition coefficient (Wildman–Crippen LogP) is 1.81. The van der Waals surface area contributed by atoms with Crippen LogP contribution in [0.4, 0.5) is 0 Å². The van der Waals surface area contributed by atoms with Gasteiger partial charge in [0, 0.05) is 5.92 Å². The highest BCUT2D eigenvalue weighted by molar-refractivity contribution is 5.76. The van der Waals surface area contributed by atoms with E-state index in [1.165, 1.54) is 0 Å². The molecule has 3 nitrogen and oxygen atoms in total. The first-order valence-electron chi connectivity index (χ1n) is 5.61. The van der Waals surface area contributed by atoms with Crippen molar-refractivity contribution < 1.29 is 14.6 Å². The Balaban J connectivity index is 1.84. The Bertz CT molecular complexity index is 270. The van der Waals surface area contributed by atoms with Gasteiger partial charge in [0.15, 0.2) is 0 Å². The molecule has 0 aromatic carbocycles. The average molecular weight is 196 g/mol. The van der Waals surface area contributed by atoms with E-state index in [-0.39, 0.29) is 6.10 Å². The Labute approximate surface area is 83.4 Å². The minimum atomic E-state index is -0.579. The molecule has 3 rings (SSSR count). The number of ether oxygens (including phenoxy) is 1. The van der Waals surface area contributed by atoms with Crippen molar-refractivity contribution in [1.82, 2.24) is 0 Å². The fourth-order valence-corrected chi connectivity index (χ4v) is 3.52. The number of hydrogen-bond acceptors (Lipinski definition) is 2. The van der Waals surface area contributed by atoms with Crippen LogP contribution in [0, 0.1) is 11.3 Å². The maximum Gasteiger partial charge on any atom is 0.310 e. The van der Waals surface area contributed by atoms with Crippen LogP contribution in [0.3, 0.4) is 0 Å². The number of fused-ring (bicyclic) bond motifs is 2. The summed E-state index contributed by atoms with van der Waals surface area (Å²) < 4.78 is 5.75. The van der Waals surface area contributed by atoms with Gasteiger partial charge in [0.2, 0.25) is 0 Å². The lowest BCUT2D eigenvalue weighted by Gasteiger charge is -2.44. The molecule has 1 aliphatic carbocycles. The molecule has 0 spiro atoms. The number of carboxylic acids is 1. The topological polar surface area (TPSA) is 46.5 Å². The quantitative estimate of drug-likeness (QED) is 0.732. The molecule has 0 amide bonds. The fraction of sp³-hybridized carbons (Fsp3) is 0.909. The third-order valence-electron chi connectivity index (χ3n) is 4.49. The van der Waals surface area contributed by atoms with Crippen LogP contribution in [0.15, 0.2) is 0 Å². The first-order chi connectivity index (χ1) is 6.72. The van der Waals surface area contributed by atoms with E-state index in [4.69, 9.17) is 4.74 Å². The van der Waals surface area contributed by atoms with Crippen molar-refractivity contribution in [2.75, 3.05) is 0 Å². The predicted molar refractivity (Wildman–Crippen MR) is 49.9 cm³/mol. The zero-order valence-corrected chi connectivity index (χ0v) is 8.24. The molecule has 1 saturated carbocycles. The Hall–Kier alpha value is -0.570. The Kier molecular flexibility index (Phi) is 1.69. The van der Waals surface area contributed by atoms with Gasteiger partial charge >= 0.3 is 5.97 Å². The monoisotopic (exact) mass is 196 g/mol. The first-order valence-corrected chi connectivity index (χ1v) is 5.61. The number of rotatable bonds is 2. The molecule has 2 aliphatic heterocycles. The van der Waals surface area contributed by atoms with Crippen molar-refractivity contribution in [2.24, 2.45) is 11.3 Å². The SMILES string of the molecule is O=C(O)C1(C2CC3CCC2O3)CCC1. The molecule has 3 atom stereocenters. The van der Waals surface area contributed by atoms with Crippen LogP contribution in [0.5, 0.6) is 0 Å². The smallest absolute Gasteiger partial charge is 0.310 e. The molecule has 0 aromatic rings. The van der Waals surface area contributed by atoms with E-state index in [1.807, 2.05) is 0 Å². The minimum absolute atomic E-state index is 0.261. The third-order valence-corrected chi connectivity index (χ3v) is 4.49. The van der Waals surface area contributed by atoms with Crippen LogP contribution in [0.1, 0.15) is 38.5 Å². The molecule has 2 heterocycles. The second-order valence-electron chi connectivity index (χ2n) is 5.03. The van der Waals surface area contributed by atoms with Crippen molar-refractivity contribution in [3.05, 3.63) is 0 Å². The average Bonchev–Trinajstić information content (AvgIpc) is 2.61. The van der Waals surface area contributed by atoms with Gasteiger partial charge in [-0.2, -0.15) is 0 Å². The molecule has 3 unspecified atom stereocenters. The van der Waals surface area contributed by atoms with Crippen LogP contribution in [-0.2, 0) is 9.53 Å². The highest BCUT2D eigenvalue weighted by atomic mass is 16.5. The van der Waals surface area contributed by atoms with Crippen LogP contribution < -0.4 is 0 Å². The van der Waals surface area contributed by atoms with Gasteiger partial charge in [-0.25, -0.2) is 0 Å². The van der Waals surface area contributed by atoms with Gasteiger partial charge in [-0.3, -0.25) is 4.79 Å². The maximum absolute atomic E-state index is 11.3. The van der Waals surface area contributed by atoms with Crippen molar-refractivity contribution in [3.63, 3.8) is 0 Å². The number of aliphatic carboxylic acids is 1. The second kappa shape index (κ2) is 2.72. The summed E-state index contributed by atoms with van der Waals surface area (Å²) in [7, 11) is 0. The number of carboxylic acid groups (broad SMARTS) is 1. The summed E-state index contributed by atoms with van der Waals surface area (Å²) in [5.74, 6) is -0.266. The van der Waals surface area contributed by atoms with Gasteiger partial charge in [0.1, 0.15) is 0 Å². The highest BCUT2D eigenvalue weighted by Gasteiger charge is 2.58. The molecule has 2 saturated heterocycles. The van der Waals surface area contributed by atoms with Crippen molar-refractivity contribution in [1.29, 1.82) is 0 Å². The van der Waals surface area contributed by atoms with E-state index in [9.17, 15) is 9.90 Å². The fourth-order valence-electron chi connectivity index (χ4n) is 3.52. The molecule has 1 N–H and O–H groups in total. The summed E-state index contributed by atoms with van der Waals surface area (Å²) in [6.07, 6.45) is 6.70. The lowest BCUT2D eigenvalue weighted by Crippen LogP contribution is -2.48. The molecular formula is C11H16O3. The zero-order chi connectivity index (χ0) is 9.76. The Morgan fingerprint density at radius 3 is 2.50 bits per heavy atom. The molecule has 78 valence electrons. The van der Waals surface area contributed by atoms with E-state index in [2.05, 4.69) is 0 Å².